The van der Waals surface area contributed by atoms with Crippen LogP contribution in [-0.4, -0.2) is 39.6 Å². The van der Waals surface area contributed by atoms with Gasteiger partial charge in [-0.15, -0.1) is 11.6 Å². The van der Waals surface area contributed by atoms with E-state index < -0.39 is 12.0 Å². The topological polar surface area (TPSA) is 99.2 Å². The first-order valence-electron chi connectivity index (χ1n) is 10.9. The highest BCUT2D eigenvalue weighted by atomic mass is 35.5. The minimum absolute atomic E-state index is 0.0307. The maximum Gasteiger partial charge on any atom is 0.320 e. The number of nitrogens with one attached hydrogen (secondary N) is 1. The lowest BCUT2D eigenvalue weighted by Gasteiger charge is -2.27. The molecule has 2 heterocycles. The molecule has 0 radical (unpaired) electrons. The number of esters is 1. The predicted octanol–water partition coefficient (Wildman–Crippen LogP) is 4.38. The Labute approximate surface area is 191 Å². The molecule has 1 amide bonds. The van der Waals surface area contributed by atoms with Crippen LogP contribution in [0.2, 0.25) is 0 Å². The first-order chi connectivity index (χ1) is 15.5. The monoisotopic (exact) mass is 458 g/mol. The molecule has 8 nitrogen and oxygen atoms in total. The molecule has 1 aliphatic carbocycles. The predicted molar refractivity (Wildman–Crippen MR) is 120 cm³/mol. The summed E-state index contributed by atoms with van der Waals surface area (Å²) in [5.74, 6) is 0.651. The first kappa shape index (κ1) is 22.3. The van der Waals surface area contributed by atoms with Crippen molar-refractivity contribution in [1.82, 2.24) is 20.0 Å². The Balaban J connectivity index is 1.81. The van der Waals surface area contributed by atoms with Gasteiger partial charge in [0.2, 0.25) is 6.41 Å². The van der Waals surface area contributed by atoms with Gasteiger partial charge in [-0.3, -0.25) is 9.59 Å². The number of benzene rings is 1. The molecule has 1 aromatic carbocycles. The normalized spacial score (nSPS) is 15.6. The van der Waals surface area contributed by atoms with Crippen LogP contribution < -0.4 is 5.32 Å². The molecule has 1 unspecified atom stereocenters. The lowest BCUT2D eigenvalue weighted by Crippen LogP contribution is -2.30. The summed E-state index contributed by atoms with van der Waals surface area (Å²) < 4.78 is 12.8. The fraction of sp³-hybridized carbons (Fsp3) is 0.478. The average Bonchev–Trinajstić information content (AvgIpc) is 3.35. The summed E-state index contributed by atoms with van der Waals surface area (Å²) in [6.45, 7) is 3.77. The number of nitrogens with zero attached hydrogens (tertiary/aromatic N) is 3. The second-order valence-electron chi connectivity index (χ2n) is 8.19. The van der Waals surface area contributed by atoms with Gasteiger partial charge in [0.1, 0.15) is 30.1 Å². The van der Waals surface area contributed by atoms with Gasteiger partial charge in [0.05, 0.1) is 16.7 Å². The Morgan fingerprint density at radius 3 is 2.78 bits per heavy atom. The number of imidazole rings is 1. The van der Waals surface area contributed by atoms with Crippen molar-refractivity contribution in [1.29, 1.82) is 0 Å². The Hall–Kier alpha value is -2.87. The van der Waals surface area contributed by atoms with Crippen molar-refractivity contribution in [3.63, 3.8) is 0 Å². The highest BCUT2D eigenvalue weighted by Crippen LogP contribution is 2.36. The fourth-order valence-corrected chi connectivity index (χ4v) is 4.71. The third kappa shape index (κ3) is 4.37. The molecule has 1 atom stereocenters. The van der Waals surface area contributed by atoms with Gasteiger partial charge < -0.3 is 19.1 Å². The highest BCUT2D eigenvalue weighted by molar-refractivity contribution is 6.26. The zero-order chi connectivity index (χ0) is 22.7. The Bertz CT molecular complexity index is 1100. The Morgan fingerprint density at radius 2 is 2.12 bits per heavy atom. The van der Waals surface area contributed by atoms with Crippen LogP contribution in [0.5, 0.6) is 0 Å². The van der Waals surface area contributed by atoms with E-state index >= 15 is 0 Å². The number of ether oxygens (including phenoxy) is 1. The molecule has 0 aliphatic heterocycles. The number of carbonyl (C=O) groups excluding carboxylic acids is 2. The van der Waals surface area contributed by atoms with E-state index in [1.807, 2.05) is 19.9 Å². The number of carbonyl (C=O) groups is 2. The summed E-state index contributed by atoms with van der Waals surface area (Å²) in [5, 5.41) is 6.83. The molecule has 0 spiro atoms. The van der Waals surface area contributed by atoms with Crippen LogP contribution in [0.1, 0.15) is 61.5 Å². The van der Waals surface area contributed by atoms with E-state index in [0.717, 1.165) is 59.3 Å². The summed E-state index contributed by atoms with van der Waals surface area (Å²) in [6.07, 6.45) is 6.21. The van der Waals surface area contributed by atoms with Crippen molar-refractivity contribution in [2.45, 2.75) is 58.0 Å². The third-order valence-electron chi connectivity index (χ3n) is 6.08. The van der Waals surface area contributed by atoms with Crippen molar-refractivity contribution in [3.8, 4) is 11.1 Å². The SMILES string of the molecule is Cc1noc(C)c1-c1ccc2c(c1)nc(C(COC(=O)CCl)NC=O)n2C1CCCCC1. The Kier molecular flexibility index (Phi) is 6.79. The molecule has 1 saturated carbocycles. The summed E-state index contributed by atoms with van der Waals surface area (Å²) in [5.41, 5.74) is 4.55. The van der Waals surface area contributed by atoms with Crippen molar-refractivity contribution >= 4 is 35.0 Å². The fourth-order valence-electron chi connectivity index (χ4n) is 4.63. The lowest BCUT2D eigenvalue weighted by molar-refractivity contribution is -0.141. The molecule has 4 rings (SSSR count). The van der Waals surface area contributed by atoms with E-state index in [2.05, 4.69) is 27.2 Å². The average molecular weight is 459 g/mol. The van der Waals surface area contributed by atoms with Crippen molar-refractivity contribution < 1.29 is 18.8 Å². The second kappa shape index (κ2) is 9.73. The van der Waals surface area contributed by atoms with Crippen LogP contribution in [-0.2, 0) is 14.3 Å². The van der Waals surface area contributed by atoms with Gasteiger partial charge >= 0.3 is 5.97 Å². The van der Waals surface area contributed by atoms with E-state index in [9.17, 15) is 9.59 Å². The summed E-state index contributed by atoms with van der Waals surface area (Å²) in [4.78, 5) is 27.9. The minimum Gasteiger partial charge on any atom is -0.462 e. The van der Waals surface area contributed by atoms with Crippen LogP contribution in [0.3, 0.4) is 0 Å². The van der Waals surface area contributed by atoms with E-state index in [-0.39, 0.29) is 18.5 Å². The van der Waals surface area contributed by atoms with Crippen molar-refractivity contribution in [3.05, 3.63) is 35.5 Å². The molecule has 1 fully saturated rings. The van der Waals surface area contributed by atoms with Crippen LogP contribution in [0.4, 0.5) is 0 Å². The van der Waals surface area contributed by atoms with E-state index in [0.29, 0.717) is 12.2 Å². The van der Waals surface area contributed by atoms with Crippen LogP contribution in [0.15, 0.2) is 22.7 Å². The van der Waals surface area contributed by atoms with Crippen molar-refractivity contribution in [2.24, 2.45) is 0 Å². The largest absolute Gasteiger partial charge is 0.462 e. The molecule has 0 bridgehead atoms. The molecule has 170 valence electrons. The molecule has 1 N–H and O–H groups in total. The number of aromatic nitrogens is 3. The van der Waals surface area contributed by atoms with Gasteiger partial charge in [0, 0.05) is 11.6 Å². The number of rotatable bonds is 8. The Morgan fingerprint density at radius 1 is 1.34 bits per heavy atom. The van der Waals surface area contributed by atoms with Gasteiger partial charge in [0.25, 0.3) is 0 Å². The van der Waals surface area contributed by atoms with E-state index in [4.69, 9.17) is 25.8 Å². The first-order valence-corrected chi connectivity index (χ1v) is 11.4. The van der Waals surface area contributed by atoms with Crippen LogP contribution in [0, 0.1) is 13.8 Å². The minimum atomic E-state index is -0.573. The van der Waals surface area contributed by atoms with Gasteiger partial charge in [-0.25, -0.2) is 4.98 Å². The second-order valence-corrected chi connectivity index (χ2v) is 8.46. The smallest absolute Gasteiger partial charge is 0.320 e. The van der Waals surface area contributed by atoms with Crippen molar-refractivity contribution in [2.75, 3.05) is 12.5 Å². The van der Waals surface area contributed by atoms with Gasteiger partial charge in [0.15, 0.2) is 0 Å². The number of aryl methyl sites for hydroxylation is 2. The molecule has 0 saturated heterocycles. The summed E-state index contributed by atoms with van der Waals surface area (Å²) in [7, 11) is 0. The molecule has 9 heteroatoms. The maximum atomic E-state index is 11.6. The molecular weight excluding hydrogens is 432 g/mol. The van der Waals surface area contributed by atoms with Gasteiger partial charge in [-0.1, -0.05) is 30.5 Å². The lowest BCUT2D eigenvalue weighted by atomic mass is 9.94. The molecular formula is C23H27ClN4O4. The quantitative estimate of drug-likeness (QED) is 0.305. The van der Waals surface area contributed by atoms with E-state index in [1.54, 1.807) is 0 Å². The standard InChI is InChI=1S/C23H27ClN4O4/c1-14-22(15(2)32-27-14)16-8-9-20-18(10-16)26-23(28(20)17-6-4-3-5-7-17)19(25-13-29)12-31-21(30)11-24/h8-10,13,17,19H,3-7,11-12H2,1-2H3,(H,25,29). The number of fused-ring (bicyclic) bond motifs is 1. The van der Waals surface area contributed by atoms with Crippen LogP contribution >= 0.6 is 11.6 Å². The number of alkyl halides is 1. The zero-order valence-corrected chi connectivity index (χ0v) is 19.0. The van der Waals surface area contributed by atoms with Gasteiger partial charge in [-0.2, -0.15) is 0 Å². The number of hydrogen-bond acceptors (Lipinski definition) is 6. The zero-order valence-electron chi connectivity index (χ0n) is 18.3. The number of amides is 1. The summed E-state index contributed by atoms with van der Waals surface area (Å²) >= 11 is 5.57. The molecule has 2 aromatic heterocycles. The highest BCUT2D eigenvalue weighted by Gasteiger charge is 2.27. The van der Waals surface area contributed by atoms with Crippen LogP contribution in [0.25, 0.3) is 22.2 Å². The number of halogens is 1. The van der Waals surface area contributed by atoms with Gasteiger partial charge in [-0.05, 0) is 44.4 Å². The molecule has 1 aliphatic rings. The summed E-state index contributed by atoms with van der Waals surface area (Å²) in [6, 6.07) is 5.83. The number of hydrogen-bond donors (Lipinski definition) is 1. The third-order valence-corrected chi connectivity index (χ3v) is 6.30. The van der Waals surface area contributed by atoms with E-state index in [1.165, 1.54) is 6.42 Å². The maximum absolute atomic E-state index is 11.6. The molecule has 3 aromatic rings. The molecule has 32 heavy (non-hydrogen) atoms.